The summed E-state index contributed by atoms with van der Waals surface area (Å²) in [6, 6.07) is 5.29. The Labute approximate surface area is 148 Å². The summed E-state index contributed by atoms with van der Waals surface area (Å²) in [5.74, 6) is -0.177. The van der Waals surface area contributed by atoms with Crippen LogP contribution in [0.3, 0.4) is 0 Å². The first kappa shape index (κ1) is 17.8. The van der Waals surface area contributed by atoms with Crippen molar-refractivity contribution in [2.75, 3.05) is 31.2 Å². The quantitative estimate of drug-likeness (QED) is 0.553. The molecule has 10 nitrogen and oxygen atoms in total. The van der Waals surface area contributed by atoms with Gasteiger partial charge in [0.05, 0.1) is 30.9 Å². The number of cyclic esters (lactones) is 1. The number of anilines is 1. The third kappa shape index (κ3) is 3.64. The average molecular weight is 364 g/mol. The second kappa shape index (κ2) is 7.48. The molecular formula is C16H20N4O6. The van der Waals surface area contributed by atoms with Gasteiger partial charge in [0.25, 0.3) is 0 Å². The minimum atomic E-state index is -0.480. The van der Waals surface area contributed by atoms with Gasteiger partial charge >= 0.3 is 11.8 Å². The number of ether oxygens (including phenoxy) is 1. The first-order valence-electron chi connectivity index (χ1n) is 8.08. The summed E-state index contributed by atoms with van der Waals surface area (Å²) in [6.07, 6.45) is -0.890. The zero-order valence-electron chi connectivity index (χ0n) is 14.5. The van der Waals surface area contributed by atoms with Crippen molar-refractivity contribution < 1.29 is 28.7 Å². The van der Waals surface area contributed by atoms with Gasteiger partial charge in [0.2, 0.25) is 5.91 Å². The molecule has 2 aromatic rings. The number of fused-ring (bicyclic) bond motifs is 1. The van der Waals surface area contributed by atoms with E-state index in [1.54, 1.807) is 29.8 Å². The molecule has 0 radical (unpaired) electrons. The van der Waals surface area contributed by atoms with E-state index in [2.05, 4.69) is 10.5 Å². The van der Waals surface area contributed by atoms with Gasteiger partial charge in [-0.15, -0.1) is 0 Å². The van der Waals surface area contributed by atoms with Gasteiger partial charge in [-0.05, 0) is 17.3 Å². The summed E-state index contributed by atoms with van der Waals surface area (Å²) < 4.78 is 12.6. The number of rotatable bonds is 6. The van der Waals surface area contributed by atoms with Crippen LogP contribution >= 0.6 is 0 Å². The van der Waals surface area contributed by atoms with Gasteiger partial charge in [-0.25, -0.2) is 4.79 Å². The second-order valence-electron chi connectivity index (χ2n) is 5.80. The van der Waals surface area contributed by atoms with Gasteiger partial charge in [0.15, 0.2) is 5.58 Å². The van der Waals surface area contributed by atoms with Crippen molar-refractivity contribution in [1.29, 1.82) is 0 Å². The van der Waals surface area contributed by atoms with E-state index in [4.69, 9.17) is 19.1 Å². The number of nitrogens with one attached hydrogen (secondary N) is 1. The second-order valence-corrected chi connectivity index (χ2v) is 5.80. The summed E-state index contributed by atoms with van der Waals surface area (Å²) in [5.41, 5.74) is 2.14. The minimum absolute atomic E-state index is 0.0671. The molecule has 1 fully saturated rings. The predicted molar refractivity (Wildman–Crippen MR) is 90.1 cm³/mol. The number of aliphatic hydroxyl groups is 1. The van der Waals surface area contributed by atoms with Gasteiger partial charge in [-0.2, -0.15) is 0 Å². The fourth-order valence-electron chi connectivity index (χ4n) is 2.62. The number of carbonyl (C=O) groups is 2. The summed E-state index contributed by atoms with van der Waals surface area (Å²) >= 11 is 0. The van der Waals surface area contributed by atoms with Gasteiger partial charge in [-0.1, -0.05) is 0 Å². The lowest BCUT2D eigenvalue weighted by Crippen LogP contribution is -2.33. The molecule has 2 N–H and O–H groups in total. The third-order valence-electron chi connectivity index (χ3n) is 3.88. The molecule has 1 aliphatic rings. The van der Waals surface area contributed by atoms with Crippen LogP contribution in [0.5, 0.6) is 0 Å². The zero-order chi connectivity index (χ0) is 18.7. The molecular weight excluding hydrogens is 344 g/mol. The molecule has 2 amide bonds. The minimum Gasteiger partial charge on any atom is -0.442 e. The molecule has 3 rings (SSSR count). The van der Waals surface area contributed by atoms with Crippen LogP contribution in [0.1, 0.15) is 6.92 Å². The van der Waals surface area contributed by atoms with Gasteiger partial charge in [0, 0.05) is 20.0 Å². The molecule has 0 aliphatic carbocycles. The van der Waals surface area contributed by atoms with Crippen LogP contribution in [0.2, 0.25) is 0 Å². The van der Waals surface area contributed by atoms with Crippen LogP contribution in [-0.4, -0.2) is 54.1 Å². The smallest absolute Gasteiger partial charge is 0.414 e. The lowest BCUT2D eigenvalue weighted by atomic mass is 10.2. The number of amides is 2. The number of carbonyl (C=O) groups excluding carboxylic acids is 2. The van der Waals surface area contributed by atoms with E-state index in [1.807, 2.05) is 0 Å². The summed E-state index contributed by atoms with van der Waals surface area (Å²) in [6.45, 7) is 1.92. The van der Waals surface area contributed by atoms with Crippen LogP contribution < -0.4 is 15.9 Å². The van der Waals surface area contributed by atoms with Crippen molar-refractivity contribution in [3.63, 3.8) is 0 Å². The number of nitrogens with zero attached hydrogens (tertiary/aromatic N) is 3. The van der Waals surface area contributed by atoms with Crippen LogP contribution in [-0.2, 0) is 21.4 Å². The summed E-state index contributed by atoms with van der Waals surface area (Å²) in [4.78, 5) is 29.5. The number of aryl methyl sites for hydroxylation is 1. The van der Waals surface area contributed by atoms with Crippen LogP contribution in [0.15, 0.2) is 27.8 Å². The molecule has 2 heterocycles. The Bertz CT molecular complexity index is 886. The van der Waals surface area contributed by atoms with Crippen molar-refractivity contribution in [1.82, 2.24) is 9.88 Å². The molecule has 1 aromatic carbocycles. The number of hydrogen-bond acceptors (Lipinski definition) is 7. The van der Waals surface area contributed by atoms with Crippen molar-refractivity contribution in [2.24, 2.45) is 12.2 Å². The highest BCUT2D eigenvalue weighted by Gasteiger charge is 2.32. The Morgan fingerprint density at radius 2 is 2.31 bits per heavy atom. The largest absolute Gasteiger partial charge is 0.442 e. The standard InChI is InChI=1S/C16H20N4O6/c1-10(22)17-8-12-9-20(16(23)25-12)11-3-4-13-14(7-11)26-15(19(13)2)18-24-6-5-21/h3-4,7,12,21H,5-6,8-9H2,1-2H3,(H,17,22). The van der Waals surface area contributed by atoms with E-state index in [-0.39, 0.29) is 31.4 Å². The molecule has 1 saturated heterocycles. The van der Waals surface area contributed by atoms with E-state index >= 15 is 0 Å². The SMILES string of the molecule is CC(=O)NCC1CN(c2ccc3c(c2)oc(=NOCCO)n3C)C(=O)O1. The maximum atomic E-state index is 12.1. The van der Waals surface area contributed by atoms with Crippen molar-refractivity contribution in [3.8, 4) is 0 Å². The number of oxazole rings is 1. The molecule has 1 atom stereocenters. The van der Waals surface area contributed by atoms with Crippen LogP contribution in [0.25, 0.3) is 11.1 Å². The van der Waals surface area contributed by atoms with Crippen LogP contribution in [0, 0.1) is 0 Å². The monoisotopic (exact) mass is 364 g/mol. The fraction of sp³-hybridized carbons (Fsp3) is 0.438. The van der Waals surface area contributed by atoms with E-state index < -0.39 is 12.2 Å². The lowest BCUT2D eigenvalue weighted by Gasteiger charge is -2.12. The molecule has 0 bridgehead atoms. The molecule has 1 aliphatic heterocycles. The van der Waals surface area contributed by atoms with Gasteiger partial charge in [-0.3, -0.25) is 14.3 Å². The average Bonchev–Trinajstić information content (AvgIpc) is 3.13. The Balaban J connectivity index is 1.81. The van der Waals surface area contributed by atoms with Crippen molar-refractivity contribution in [3.05, 3.63) is 23.9 Å². The zero-order valence-corrected chi connectivity index (χ0v) is 14.5. The van der Waals surface area contributed by atoms with E-state index in [9.17, 15) is 9.59 Å². The molecule has 10 heteroatoms. The van der Waals surface area contributed by atoms with E-state index in [0.29, 0.717) is 17.8 Å². The highest BCUT2D eigenvalue weighted by molar-refractivity contribution is 5.92. The maximum absolute atomic E-state index is 12.1. The molecule has 0 saturated carbocycles. The molecule has 1 aromatic heterocycles. The highest BCUT2D eigenvalue weighted by atomic mass is 16.6. The lowest BCUT2D eigenvalue weighted by molar-refractivity contribution is -0.119. The Hall–Kier alpha value is -3.01. The normalized spacial score (nSPS) is 17.7. The van der Waals surface area contributed by atoms with Gasteiger partial charge < -0.3 is 24.4 Å². The van der Waals surface area contributed by atoms with E-state index in [1.165, 1.54) is 11.8 Å². The Morgan fingerprint density at radius 1 is 1.50 bits per heavy atom. The van der Waals surface area contributed by atoms with Gasteiger partial charge in [0.1, 0.15) is 12.7 Å². The topological polar surface area (TPSA) is 119 Å². The molecule has 0 spiro atoms. The van der Waals surface area contributed by atoms with Crippen LogP contribution in [0.4, 0.5) is 10.5 Å². The predicted octanol–water partition coefficient (Wildman–Crippen LogP) is 0.0572. The highest BCUT2D eigenvalue weighted by Crippen LogP contribution is 2.25. The fourth-order valence-corrected chi connectivity index (χ4v) is 2.62. The number of aromatic nitrogens is 1. The number of benzene rings is 1. The molecule has 1 unspecified atom stereocenters. The summed E-state index contributed by atoms with van der Waals surface area (Å²) in [5, 5.41) is 15.2. The Morgan fingerprint density at radius 3 is 3.04 bits per heavy atom. The first-order valence-corrected chi connectivity index (χ1v) is 8.08. The number of aliphatic hydroxyl groups excluding tert-OH is 1. The Kier molecular flexibility index (Phi) is 5.12. The third-order valence-corrected chi connectivity index (χ3v) is 3.88. The molecule has 140 valence electrons. The van der Waals surface area contributed by atoms with Crippen molar-refractivity contribution in [2.45, 2.75) is 13.0 Å². The maximum Gasteiger partial charge on any atom is 0.414 e. The molecule has 26 heavy (non-hydrogen) atoms. The van der Waals surface area contributed by atoms with Crippen molar-refractivity contribution >= 4 is 28.8 Å². The summed E-state index contributed by atoms with van der Waals surface area (Å²) in [7, 11) is 1.76. The van der Waals surface area contributed by atoms with E-state index in [0.717, 1.165) is 5.52 Å². The number of hydrogen-bond donors (Lipinski definition) is 2. The first-order chi connectivity index (χ1) is 12.5.